The quantitative estimate of drug-likeness (QED) is 0.765. The molecule has 0 fully saturated rings. The average Bonchev–Trinajstić information content (AvgIpc) is 2.17. The number of anilines is 2. The Kier molecular flexibility index (Phi) is 4.30. The monoisotopic (exact) mass is 209 g/mol. The Hall–Kier alpha value is -1.36. The molecule has 0 amide bonds. The lowest BCUT2D eigenvalue weighted by molar-refractivity contribution is 0.425. The van der Waals surface area contributed by atoms with Crippen molar-refractivity contribution in [3.05, 3.63) is 12.4 Å². The van der Waals surface area contributed by atoms with E-state index in [2.05, 4.69) is 20.2 Å². The predicted octanol–water partition coefficient (Wildman–Crippen LogP) is 0.516. The first-order valence-electron chi connectivity index (χ1n) is 4.97. The van der Waals surface area contributed by atoms with E-state index in [1.165, 1.54) is 0 Å². The second kappa shape index (κ2) is 5.50. The molecule has 0 spiro atoms. The Morgan fingerprint density at radius 2 is 1.93 bits per heavy atom. The average molecular weight is 209 g/mol. The fourth-order valence-corrected chi connectivity index (χ4v) is 1.10. The van der Waals surface area contributed by atoms with Gasteiger partial charge in [-0.1, -0.05) is 0 Å². The van der Waals surface area contributed by atoms with Crippen LogP contribution in [0.2, 0.25) is 0 Å². The summed E-state index contributed by atoms with van der Waals surface area (Å²) in [6.45, 7) is 1.87. The zero-order chi connectivity index (χ0) is 11.3. The largest absolute Gasteiger partial charge is 0.369 e. The highest BCUT2D eigenvalue weighted by atomic mass is 15.2. The maximum Gasteiger partial charge on any atom is 0.133 e. The molecule has 0 saturated carbocycles. The van der Waals surface area contributed by atoms with Crippen LogP contribution in [0.4, 0.5) is 11.6 Å². The van der Waals surface area contributed by atoms with Crippen molar-refractivity contribution < 1.29 is 0 Å². The molecule has 1 aromatic rings. The molecule has 0 aliphatic carbocycles. The minimum atomic E-state index is 0.871. The number of hydrogen-bond acceptors (Lipinski definition) is 5. The number of nitrogens with one attached hydrogen (secondary N) is 1. The minimum absolute atomic E-state index is 0.871. The van der Waals surface area contributed by atoms with Gasteiger partial charge in [0.2, 0.25) is 0 Å². The van der Waals surface area contributed by atoms with Crippen LogP contribution in [0, 0.1) is 0 Å². The zero-order valence-electron chi connectivity index (χ0n) is 9.86. The first-order chi connectivity index (χ1) is 7.09. The van der Waals surface area contributed by atoms with Gasteiger partial charge in [-0.3, -0.25) is 0 Å². The van der Waals surface area contributed by atoms with E-state index in [1.807, 2.05) is 39.2 Å². The lowest BCUT2D eigenvalue weighted by atomic mass is 10.5. The van der Waals surface area contributed by atoms with Gasteiger partial charge >= 0.3 is 0 Å². The third-order valence-electron chi connectivity index (χ3n) is 1.98. The molecule has 0 aromatic carbocycles. The van der Waals surface area contributed by atoms with Crippen LogP contribution in [-0.4, -0.2) is 56.1 Å². The molecular formula is C10H19N5. The Labute approximate surface area is 91.1 Å². The Morgan fingerprint density at radius 3 is 2.53 bits per heavy atom. The second-order valence-electron chi connectivity index (χ2n) is 3.89. The van der Waals surface area contributed by atoms with Crippen molar-refractivity contribution in [3.63, 3.8) is 0 Å². The molecule has 84 valence electrons. The van der Waals surface area contributed by atoms with Crippen LogP contribution in [0.5, 0.6) is 0 Å². The zero-order valence-corrected chi connectivity index (χ0v) is 9.86. The number of rotatable bonds is 5. The van der Waals surface area contributed by atoms with Crippen LogP contribution in [0.1, 0.15) is 0 Å². The molecule has 0 bridgehead atoms. The summed E-state index contributed by atoms with van der Waals surface area (Å²) in [5, 5.41) is 3.25. The Balaban J connectivity index is 2.50. The van der Waals surface area contributed by atoms with Crippen LogP contribution in [0.15, 0.2) is 12.4 Å². The number of aromatic nitrogens is 2. The molecule has 5 nitrogen and oxygen atoms in total. The molecule has 1 rings (SSSR count). The van der Waals surface area contributed by atoms with Crippen LogP contribution >= 0.6 is 0 Å². The molecule has 15 heavy (non-hydrogen) atoms. The maximum atomic E-state index is 4.15. The van der Waals surface area contributed by atoms with E-state index >= 15 is 0 Å². The van der Waals surface area contributed by atoms with Gasteiger partial charge in [-0.05, 0) is 14.1 Å². The third-order valence-corrected chi connectivity index (χ3v) is 1.98. The highest BCUT2D eigenvalue weighted by Gasteiger charge is 1.99. The first-order valence-corrected chi connectivity index (χ1v) is 4.97. The van der Waals surface area contributed by atoms with Crippen molar-refractivity contribution in [3.8, 4) is 0 Å². The van der Waals surface area contributed by atoms with Gasteiger partial charge in [0.05, 0.1) is 0 Å². The van der Waals surface area contributed by atoms with Crippen molar-refractivity contribution in [2.45, 2.75) is 0 Å². The molecule has 0 aliphatic heterocycles. The normalized spacial score (nSPS) is 10.5. The van der Waals surface area contributed by atoms with Gasteiger partial charge in [0.15, 0.2) is 0 Å². The van der Waals surface area contributed by atoms with Crippen LogP contribution in [0.3, 0.4) is 0 Å². The van der Waals surface area contributed by atoms with Gasteiger partial charge in [-0.25, -0.2) is 9.97 Å². The topological polar surface area (TPSA) is 44.3 Å². The second-order valence-corrected chi connectivity index (χ2v) is 3.89. The van der Waals surface area contributed by atoms with Gasteiger partial charge in [-0.2, -0.15) is 0 Å². The van der Waals surface area contributed by atoms with Crippen molar-refractivity contribution in [2.24, 2.45) is 0 Å². The summed E-state index contributed by atoms with van der Waals surface area (Å²) in [4.78, 5) is 12.4. The molecule has 1 N–H and O–H groups in total. The van der Waals surface area contributed by atoms with Crippen LogP contribution in [0.25, 0.3) is 0 Å². The van der Waals surface area contributed by atoms with Crippen LogP contribution in [-0.2, 0) is 0 Å². The van der Waals surface area contributed by atoms with Crippen LogP contribution < -0.4 is 10.2 Å². The van der Waals surface area contributed by atoms with E-state index in [0.29, 0.717) is 0 Å². The molecule has 0 atom stereocenters. The number of nitrogens with zero attached hydrogens (tertiary/aromatic N) is 4. The Bertz CT molecular complexity index is 298. The molecule has 0 radical (unpaired) electrons. The lowest BCUT2D eigenvalue weighted by Gasteiger charge is -2.13. The standard InChI is InChI=1S/C10H19N5/c1-14(2)6-5-11-9-7-10(15(3)4)13-8-12-9/h7-8H,5-6H2,1-4H3,(H,11,12,13). The molecule has 0 aliphatic rings. The van der Waals surface area contributed by atoms with Crippen molar-refractivity contribution in [1.29, 1.82) is 0 Å². The summed E-state index contributed by atoms with van der Waals surface area (Å²) in [5.41, 5.74) is 0. The van der Waals surface area contributed by atoms with E-state index < -0.39 is 0 Å². The van der Waals surface area contributed by atoms with Gasteiger partial charge in [0, 0.05) is 33.3 Å². The summed E-state index contributed by atoms with van der Waals surface area (Å²) in [6, 6.07) is 1.94. The van der Waals surface area contributed by atoms with Crippen molar-refractivity contribution >= 4 is 11.6 Å². The van der Waals surface area contributed by atoms with Gasteiger partial charge < -0.3 is 15.1 Å². The van der Waals surface area contributed by atoms with Gasteiger partial charge in [-0.15, -0.1) is 0 Å². The Morgan fingerprint density at radius 1 is 1.20 bits per heavy atom. The van der Waals surface area contributed by atoms with Gasteiger partial charge in [0.25, 0.3) is 0 Å². The summed E-state index contributed by atoms with van der Waals surface area (Å²) in [6.07, 6.45) is 1.58. The van der Waals surface area contributed by atoms with E-state index in [-0.39, 0.29) is 0 Å². The number of hydrogen-bond donors (Lipinski definition) is 1. The van der Waals surface area contributed by atoms with E-state index in [9.17, 15) is 0 Å². The van der Waals surface area contributed by atoms with E-state index in [4.69, 9.17) is 0 Å². The summed E-state index contributed by atoms with van der Waals surface area (Å²) >= 11 is 0. The lowest BCUT2D eigenvalue weighted by Crippen LogP contribution is -2.21. The van der Waals surface area contributed by atoms with E-state index in [0.717, 1.165) is 24.7 Å². The third kappa shape index (κ3) is 4.12. The van der Waals surface area contributed by atoms with Gasteiger partial charge in [0.1, 0.15) is 18.0 Å². The highest BCUT2D eigenvalue weighted by Crippen LogP contribution is 2.10. The molecule has 5 heteroatoms. The smallest absolute Gasteiger partial charge is 0.133 e. The molecule has 0 unspecified atom stereocenters. The molecule has 0 saturated heterocycles. The SMILES string of the molecule is CN(C)CCNc1cc(N(C)C)ncn1. The highest BCUT2D eigenvalue weighted by molar-refractivity contribution is 5.47. The summed E-state index contributed by atoms with van der Waals surface area (Å²) < 4.78 is 0. The van der Waals surface area contributed by atoms with E-state index in [1.54, 1.807) is 6.33 Å². The molecule has 1 heterocycles. The first kappa shape index (κ1) is 11.7. The molecular weight excluding hydrogens is 190 g/mol. The summed E-state index contributed by atoms with van der Waals surface area (Å²) in [7, 11) is 8.03. The summed E-state index contributed by atoms with van der Waals surface area (Å²) in [5.74, 6) is 1.79. The van der Waals surface area contributed by atoms with Crippen molar-refractivity contribution in [1.82, 2.24) is 14.9 Å². The minimum Gasteiger partial charge on any atom is -0.369 e. The molecule has 1 aromatic heterocycles. The fraction of sp³-hybridized carbons (Fsp3) is 0.600. The predicted molar refractivity (Wildman–Crippen MR) is 63.4 cm³/mol. The maximum absolute atomic E-state index is 4.15. The fourth-order valence-electron chi connectivity index (χ4n) is 1.10. The number of likely N-dealkylation sites (N-methyl/N-ethyl adjacent to an activating group) is 1. The van der Waals surface area contributed by atoms with Crippen molar-refractivity contribution in [2.75, 3.05) is 51.5 Å².